The summed E-state index contributed by atoms with van der Waals surface area (Å²) in [6.07, 6.45) is 1.53. The van der Waals surface area contributed by atoms with E-state index >= 15 is 0 Å². The molecule has 2 N–H and O–H groups in total. The Bertz CT molecular complexity index is 730. The molecular weight excluding hydrogens is 248 g/mol. The Kier molecular flexibility index (Phi) is 2.49. The van der Waals surface area contributed by atoms with Crippen LogP contribution in [0.5, 0.6) is 11.5 Å². The Morgan fingerprint density at radius 2 is 1.95 bits per heavy atom. The SMILES string of the molecule is Cc1occc1-c1noc(-c2cc(O)ccc2O)n1. The molecule has 0 aliphatic heterocycles. The fourth-order valence-corrected chi connectivity index (χ4v) is 1.75. The molecule has 2 aromatic heterocycles. The summed E-state index contributed by atoms with van der Waals surface area (Å²) in [6.45, 7) is 1.79. The van der Waals surface area contributed by atoms with Crippen molar-refractivity contribution in [1.82, 2.24) is 10.1 Å². The first-order valence-electron chi connectivity index (χ1n) is 5.55. The molecule has 0 spiro atoms. The second-order valence-corrected chi connectivity index (χ2v) is 4.02. The second kappa shape index (κ2) is 4.16. The van der Waals surface area contributed by atoms with Crippen molar-refractivity contribution >= 4 is 0 Å². The van der Waals surface area contributed by atoms with Crippen LogP contribution in [0.2, 0.25) is 0 Å². The van der Waals surface area contributed by atoms with E-state index in [0.29, 0.717) is 11.6 Å². The van der Waals surface area contributed by atoms with Crippen LogP contribution in [0.25, 0.3) is 22.8 Å². The van der Waals surface area contributed by atoms with E-state index in [1.54, 1.807) is 13.0 Å². The van der Waals surface area contributed by atoms with E-state index in [2.05, 4.69) is 10.1 Å². The Labute approximate surface area is 107 Å². The molecule has 0 unspecified atom stereocenters. The molecule has 3 rings (SSSR count). The molecule has 0 aliphatic rings. The van der Waals surface area contributed by atoms with Gasteiger partial charge in [0.1, 0.15) is 17.3 Å². The van der Waals surface area contributed by atoms with Gasteiger partial charge in [0.15, 0.2) is 0 Å². The molecule has 2 heterocycles. The van der Waals surface area contributed by atoms with Crippen molar-refractivity contribution in [3.63, 3.8) is 0 Å². The van der Waals surface area contributed by atoms with Crippen molar-refractivity contribution in [2.45, 2.75) is 6.92 Å². The average Bonchev–Trinajstić information content (AvgIpc) is 3.00. The number of hydrogen-bond donors (Lipinski definition) is 2. The molecule has 19 heavy (non-hydrogen) atoms. The lowest BCUT2D eigenvalue weighted by Gasteiger charge is -1.99. The number of benzene rings is 1. The summed E-state index contributed by atoms with van der Waals surface area (Å²) >= 11 is 0. The summed E-state index contributed by atoms with van der Waals surface area (Å²) < 4.78 is 10.3. The van der Waals surface area contributed by atoms with Gasteiger partial charge < -0.3 is 19.2 Å². The predicted octanol–water partition coefficient (Wildman–Crippen LogP) is 2.72. The minimum Gasteiger partial charge on any atom is -0.508 e. The molecule has 3 aromatic rings. The zero-order chi connectivity index (χ0) is 13.4. The van der Waals surface area contributed by atoms with Crippen LogP contribution in [0.4, 0.5) is 0 Å². The Morgan fingerprint density at radius 3 is 2.68 bits per heavy atom. The third-order valence-electron chi connectivity index (χ3n) is 2.74. The van der Waals surface area contributed by atoms with Crippen molar-refractivity contribution in [3.05, 3.63) is 36.3 Å². The van der Waals surface area contributed by atoms with Gasteiger partial charge in [-0.3, -0.25) is 0 Å². The number of nitrogens with zero attached hydrogens (tertiary/aromatic N) is 2. The number of phenols is 2. The molecular formula is C13H10N2O4. The molecule has 0 radical (unpaired) electrons. The molecule has 6 heteroatoms. The number of phenolic OH excluding ortho intramolecular Hbond substituents is 2. The van der Waals surface area contributed by atoms with E-state index in [9.17, 15) is 10.2 Å². The second-order valence-electron chi connectivity index (χ2n) is 4.02. The number of aromatic hydroxyl groups is 2. The van der Waals surface area contributed by atoms with Crippen LogP contribution in [-0.4, -0.2) is 20.4 Å². The number of aromatic nitrogens is 2. The summed E-state index contributed by atoms with van der Waals surface area (Å²) in [5, 5.41) is 23.0. The third kappa shape index (κ3) is 1.93. The smallest absolute Gasteiger partial charge is 0.262 e. The highest BCUT2D eigenvalue weighted by atomic mass is 16.5. The predicted molar refractivity (Wildman–Crippen MR) is 65.5 cm³/mol. The topological polar surface area (TPSA) is 92.5 Å². The highest BCUT2D eigenvalue weighted by Crippen LogP contribution is 2.32. The number of furan rings is 1. The van der Waals surface area contributed by atoms with Crippen LogP contribution in [-0.2, 0) is 0 Å². The quantitative estimate of drug-likeness (QED) is 0.686. The van der Waals surface area contributed by atoms with E-state index in [-0.39, 0.29) is 23.0 Å². The van der Waals surface area contributed by atoms with Gasteiger partial charge in [0, 0.05) is 0 Å². The van der Waals surface area contributed by atoms with Crippen LogP contribution < -0.4 is 0 Å². The van der Waals surface area contributed by atoms with E-state index < -0.39 is 0 Å². The maximum atomic E-state index is 9.73. The fourth-order valence-electron chi connectivity index (χ4n) is 1.75. The van der Waals surface area contributed by atoms with E-state index in [4.69, 9.17) is 8.94 Å². The molecule has 1 aromatic carbocycles. The molecule has 96 valence electrons. The van der Waals surface area contributed by atoms with Gasteiger partial charge in [-0.15, -0.1) is 0 Å². The van der Waals surface area contributed by atoms with Crippen molar-refractivity contribution < 1.29 is 19.2 Å². The maximum Gasteiger partial charge on any atom is 0.262 e. The highest BCUT2D eigenvalue weighted by molar-refractivity contribution is 5.66. The van der Waals surface area contributed by atoms with Crippen LogP contribution >= 0.6 is 0 Å². The first-order chi connectivity index (χ1) is 9.15. The molecule has 0 saturated carbocycles. The monoisotopic (exact) mass is 258 g/mol. The maximum absolute atomic E-state index is 9.73. The van der Waals surface area contributed by atoms with Gasteiger partial charge in [-0.25, -0.2) is 0 Å². The largest absolute Gasteiger partial charge is 0.508 e. The molecule has 0 atom stereocenters. The van der Waals surface area contributed by atoms with Crippen molar-refractivity contribution in [2.75, 3.05) is 0 Å². The minimum atomic E-state index is -0.0445. The Hall–Kier alpha value is -2.76. The van der Waals surface area contributed by atoms with E-state index in [1.807, 2.05) is 0 Å². The first-order valence-corrected chi connectivity index (χ1v) is 5.55. The normalized spacial score (nSPS) is 10.8. The summed E-state index contributed by atoms with van der Waals surface area (Å²) in [4.78, 5) is 4.18. The summed E-state index contributed by atoms with van der Waals surface area (Å²) in [5.41, 5.74) is 0.995. The van der Waals surface area contributed by atoms with E-state index in [0.717, 1.165) is 5.56 Å². The van der Waals surface area contributed by atoms with Crippen molar-refractivity contribution in [2.24, 2.45) is 0 Å². The summed E-state index contributed by atoms with van der Waals surface area (Å²) in [6, 6.07) is 5.81. The molecule has 0 saturated heterocycles. The average molecular weight is 258 g/mol. The van der Waals surface area contributed by atoms with Crippen LogP contribution in [0.1, 0.15) is 5.76 Å². The van der Waals surface area contributed by atoms with Crippen molar-refractivity contribution in [1.29, 1.82) is 0 Å². The molecule has 0 amide bonds. The molecule has 0 fully saturated rings. The van der Waals surface area contributed by atoms with Gasteiger partial charge in [-0.2, -0.15) is 4.98 Å². The molecule has 0 aliphatic carbocycles. The fraction of sp³-hybridized carbons (Fsp3) is 0.0769. The summed E-state index contributed by atoms with van der Waals surface area (Å²) in [5.74, 6) is 1.13. The van der Waals surface area contributed by atoms with Crippen LogP contribution in [0.3, 0.4) is 0 Å². The minimum absolute atomic E-state index is 0.00652. The lowest BCUT2D eigenvalue weighted by Crippen LogP contribution is -1.82. The lowest BCUT2D eigenvalue weighted by atomic mass is 10.2. The number of rotatable bonds is 2. The van der Waals surface area contributed by atoms with Gasteiger partial charge >= 0.3 is 0 Å². The molecule has 6 nitrogen and oxygen atoms in total. The zero-order valence-corrected chi connectivity index (χ0v) is 9.99. The zero-order valence-electron chi connectivity index (χ0n) is 9.99. The third-order valence-corrected chi connectivity index (χ3v) is 2.74. The van der Waals surface area contributed by atoms with Gasteiger partial charge in [0.05, 0.1) is 17.4 Å². The molecule has 0 bridgehead atoms. The summed E-state index contributed by atoms with van der Waals surface area (Å²) in [7, 11) is 0. The van der Waals surface area contributed by atoms with Crippen LogP contribution in [0.15, 0.2) is 39.5 Å². The number of aryl methyl sites for hydroxylation is 1. The van der Waals surface area contributed by atoms with Gasteiger partial charge in [-0.05, 0) is 31.2 Å². The highest BCUT2D eigenvalue weighted by Gasteiger charge is 2.16. The first kappa shape index (κ1) is 11.3. The van der Waals surface area contributed by atoms with Gasteiger partial charge in [0.2, 0.25) is 5.82 Å². The van der Waals surface area contributed by atoms with Gasteiger partial charge in [0.25, 0.3) is 5.89 Å². The lowest BCUT2D eigenvalue weighted by molar-refractivity contribution is 0.423. The van der Waals surface area contributed by atoms with Crippen LogP contribution in [0, 0.1) is 6.92 Å². The standard InChI is InChI=1S/C13H10N2O4/c1-7-9(4-5-18-7)12-14-13(19-15-12)10-6-8(16)2-3-11(10)17/h2-6,16-17H,1H3. The van der Waals surface area contributed by atoms with E-state index in [1.165, 1.54) is 24.5 Å². The Balaban J connectivity index is 2.06. The van der Waals surface area contributed by atoms with Crippen molar-refractivity contribution in [3.8, 4) is 34.3 Å². The van der Waals surface area contributed by atoms with Gasteiger partial charge in [-0.1, -0.05) is 5.16 Å². The number of hydrogen-bond acceptors (Lipinski definition) is 6. The Morgan fingerprint density at radius 1 is 1.11 bits per heavy atom.